The van der Waals surface area contributed by atoms with Crippen molar-refractivity contribution >= 4 is 29.2 Å². The van der Waals surface area contributed by atoms with Crippen molar-refractivity contribution in [1.82, 2.24) is 19.5 Å². The molecule has 0 aromatic carbocycles. The molecule has 0 radical (unpaired) electrons. The molecule has 17 heavy (non-hydrogen) atoms. The fraction of sp³-hybridized carbons (Fsp3) is 0.400. The van der Waals surface area contributed by atoms with Gasteiger partial charge in [0.25, 0.3) is 6.47 Å². The summed E-state index contributed by atoms with van der Waals surface area (Å²) in [4.78, 5) is 22.6. The summed E-state index contributed by atoms with van der Waals surface area (Å²) in [5.41, 5.74) is 0.745. The van der Waals surface area contributed by atoms with Crippen LogP contribution in [-0.2, 0) is 22.5 Å². The first-order valence-electron chi connectivity index (χ1n) is 5.14. The Morgan fingerprint density at radius 2 is 2.47 bits per heavy atom. The Bertz CT molecular complexity index is 528. The van der Waals surface area contributed by atoms with Crippen molar-refractivity contribution in [3.8, 4) is 0 Å². The van der Waals surface area contributed by atoms with Crippen molar-refractivity contribution in [1.29, 1.82) is 0 Å². The second kappa shape index (κ2) is 5.09. The van der Waals surface area contributed by atoms with E-state index in [4.69, 9.17) is 11.6 Å². The Kier molecular flexibility index (Phi) is 3.53. The molecule has 6 nitrogen and oxygen atoms in total. The minimum atomic E-state index is -0.720. The van der Waals surface area contributed by atoms with Gasteiger partial charge in [0.05, 0.1) is 12.6 Å². The van der Waals surface area contributed by atoms with Crippen LogP contribution in [0, 0.1) is 0 Å². The fourth-order valence-electron chi connectivity index (χ4n) is 1.66. The molecule has 0 aliphatic carbocycles. The van der Waals surface area contributed by atoms with Crippen LogP contribution >= 0.6 is 11.6 Å². The Morgan fingerprint density at radius 3 is 3.18 bits per heavy atom. The number of imidazole rings is 1. The summed E-state index contributed by atoms with van der Waals surface area (Å²) in [5.74, 6) is 0.727. The lowest BCUT2D eigenvalue weighted by molar-refractivity contribution is -0.130. The number of alkyl halides is 1. The number of rotatable bonds is 5. The second-order valence-corrected chi connectivity index (χ2v) is 3.84. The highest BCUT2D eigenvalue weighted by Gasteiger charge is 2.15. The molecule has 0 N–H and O–H groups in total. The van der Waals surface area contributed by atoms with Crippen molar-refractivity contribution in [2.24, 2.45) is 0 Å². The number of carbonyl (C=O) groups is 1. The van der Waals surface area contributed by atoms with E-state index in [0.717, 1.165) is 11.5 Å². The standard InChI is InChI=1S/C10H11ClN4O2/c1-2-15-9(3-8(11)17-6-16)14-7-4-12-5-13-10(7)15/h4-6,8H,2-3H2,1H3. The zero-order chi connectivity index (χ0) is 12.3. The molecule has 0 aliphatic rings. The molecule has 2 aromatic rings. The maximum Gasteiger partial charge on any atom is 0.294 e. The maximum absolute atomic E-state index is 10.2. The highest BCUT2D eigenvalue weighted by Crippen LogP contribution is 2.15. The number of halogens is 1. The second-order valence-electron chi connectivity index (χ2n) is 3.35. The molecule has 0 spiro atoms. The number of fused-ring (bicyclic) bond motifs is 1. The molecule has 0 bridgehead atoms. The minimum Gasteiger partial charge on any atom is -0.448 e. The molecule has 2 rings (SSSR count). The largest absolute Gasteiger partial charge is 0.448 e. The Morgan fingerprint density at radius 1 is 1.65 bits per heavy atom. The average Bonchev–Trinajstić information content (AvgIpc) is 2.66. The Balaban J connectivity index is 2.36. The van der Waals surface area contributed by atoms with Crippen molar-refractivity contribution in [3.05, 3.63) is 18.3 Å². The van der Waals surface area contributed by atoms with Gasteiger partial charge in [0.15, 0.2) is 11.2 Å². The van der Waals surface area contributed by atoms with Crippen LogP contribution in [-0.4, -0.2) is 31.6 Å². The molecular formula is C10H11ClN4O2. The van der Waals surface area contributed by atoms with Crippen LogP contribution in [0.1, 0.15) is 12.7 Å². The van der Waals surface area contributed by atoms with Gasteiger partial charge in [-0.2, -0.15) is 0 Å². The molecule has 0 saturated heterocycles. The summed E-state index contributed by atoms with van der Waals surface area (Å²) >= 11 is 5.83. The third kappa shape index (κ3) is 2.36. The van der Waals surface area contributed by atoms with Gasteiger partial charge in [-0.1, -0.05) is 11.6 Å². The predicted octanol–water partition coefficient (Wildman–Crippen LogP) is 1.13. The molecule has 0 amide bonds. The molecule has 1 unspecified atom stereocenters. The van der Waals surface area contributed by atoms with E-state index in [2.05, 4.69) is 19.7 Å². The van der Waals surface area contributed by atoms with E-state index >= 15 is 0 Å². The van der Waals surface area contributed by atoms with Crippen LogP contribution in [0.4, 0.5) is 0 Å². The quantitative estimate of drug-likeness (QED) is 0.591. The first-order valence-corrected chi connectivity index (χ1v) is 5.58. The first kappa shape index (κ1) is 11.8. The van der Waals surface area contributed by atoms with E-state index in [0.29, 0.717) is 25.0 Å². The summed E-state index contributed by atoms with van der Waals surface area (Å²) in [7, 11) is 0. The first-order chi connectivity index (χ1) is 8.26. The summed E-state index contributed by atoms with van der Waals surface area (Å²) in [5, 5.41) is 0. The summed E-state index contributed by atoms with van der Waals surface area (Å²) in [6, 6.07) is 0. The Labute approximate surface area is 103 Å². The van der Waals surface area contributed by atoms with E-state index in [-0.39, 0.29) is 0 Å². The van der Waals surface area contributed by atoms with Crippen LogP contribution in [0.3, 0.4) is 0 Å². The summed E-state index contributed by atoms with van der Waals surface area (Å²) < 4.78 is 6.55. The maximum atomic E-state index is 10.2. The lowest BCUT2D eigenvalue weighted by atomic mass is 10.4. The van der Waals surface area contributed by atoms with Crippen molar-refractivity contribution in [2.45, 2.75) is 25.5 Å². The summed E-state index contributed by atoms with van der Waals surface area (Å²) in [6.45, 7) is 3.03. The number of hydrogen-bond donors (Lipinski definition) is 0. The highest BCUT2D eigenvalue weighted by molar-refractivity contribution is 6.20. The molecule has 0 saturated carbocycles. The number of nitrogens with zero attached hydrogens (tertiary/aromatic N) is 4. The van der Waals surface area contributed by atoms with Crippen LogP contribution < -0.4 is 0 Å². The van der Waals surface area contributed by atoms with Gasteiger partial charge < -0.3 is 9.30 Å². The average molecular weight is 255 g/mol. The van der Waals surface area contributed by atoms with Gasteiger partial charge in [0.2, 0.25) is 0 Å². The van der Waals surface area contributed by atoms with Crippen molar-refractivity contribution in [3.63, 3.8) is 0 Å². The number of aromatic nitrogens is 4. The lowest BCUT2D eigenvalue weighted by Crippen LogP contribution is -2.12. The molecule has 7 heteroatoms. The molecule has 0 aliphatic heterocycles. The molecule has 1 atom stereocenters. The third-order valence-corrected chi connectivity index (χ3v) is 2.61. The van der Waals surface area contributed by atoms with Crippen molar-refractivity contribution in [2.75, 3.05) is 0 Å². The third-order valence-electron chi connectivity index (χ3n) is 2.35. The molecule has 0 fully saturated rings. The van der Waals surface area contributed by atoms with Gasteiger partial charge in [-0.3, -0.25) is 4.79 Å². The van der Waals surface area contributed by atoms with E-state index in [9.17, 15) is 4.79 Å². The highest BCUT2D eigenvalue weighted by atomic mass is 35.5. The van der Waals surface area contributed by atoms with Gasteiger partial charge in [-0.05, 0) is 6.92 Å². The molecule has 90 valence electrons. The van der Waals surface area contributed by atoms with Gasteiger partial charge in [-0.15, -0.1) is 0 Å². The van der Waals surface area contributed by atoms with E-state index in [1.165, 1.54) is 6.33 Å². The van der Waals surface area contributed by atoms with E-state index in [1.807, 2.05) is 11.5 Å². The van der Waals surface area contributed by atoms with Gasteiger partial charge in [-0.25, -0.2) is 15.0 Å². The van der Waals surface area contributed by atoms with Gasteiger partial charge in [0.1, 0.15) is 17.7 Å². The van der Waals surface area contributed by atoms with Crippen LogP contribution in [0.15, 0.2) is 12.5 Å². The monoisotopic (exact) mass is 254 g/mol. The molecule has 2 aromatic heterocycles. The normalized spacial score (nSPS) is 12.6. The van der Waals surface area contributed by atoms with E-state index < -0.39 is 5.56 Å². The number of hydrogen-bond acceptors (Lipinski definition) is 5. The zero-order valence-corrected chi connectivity index (χ0v) is 9.96. The van der Waals surface area contributed by atoms with E-state index in [1.54, 1.807) is 6.20 Å². The molecular weight excluding hydrogens is 244 g/mol. The van der Waals surface area contributed by atoms with Gasteiger partial charge in [0, 0.05) is 6.54 Å². The Hall–Kier alpha value is -1.69. The lowest BCUT2D eigenvalue weighted by Gasteiger charge is -2.08. The minimum absolute atomic E-state index is 0.330. The van der Waals surface area contributed by atoms with Crippen LogP contribution in [0.2, 0.25) is 0 Å². The van der Waals surface area contributed by atoms with Crippen LogP contribution in [0.5, 0.6) is 0 Å². The number of aryl methyl sites for hydroxylation is 1. The molecule has 2 heterocycles. The van der Waals surface area contributed by atoms with Gasteiger partial charge >= 0.3 is 0 Å². The fourth-order valence-corrected chi connectivity index (χ4v) is 1.84. The SMILES string of the molecule is CCn1c(CC(Cl)OC=O)nc2cncnc21. The van der Waals surface area contributed by atoms with Crippen LogP contribution in [0.25, 0.3) is 11.2 Å². The predicted molar refractivity (Wildman–Crippen MR) is 61.5 cm³/mol. The zero-order valence-electron chi connectivity index (χ0n) is 9.21. The number of ether oxygens (including phenoxy) is 1. The number of carbonyl (C=O) groups excluding carboxylic acids is 1. The smallest absolute Gasteiger partial charge is 0.294 e. The summed E-state index contributed by atoms with van der Waals surface area (Å²) in [6.07, 6.45) is 3.45. The van der Waals surface area contributed by atoms with Crippen molar-refractivity contribution < 1.29 is 9.53 Å². The topological polar surface area (TPSA) is 69.9 Å².